The van der Waals surface area contributed by atoms with Gasteiger partial charge in [-0.2, -0.15) is 0 Å². The van der Waals surface area contributed by atoms with Gasteiger partial charge in [0.1, 0.15) is 5.82 Å². The summed E-state index contributed by atoms with van der Waals surface area (Å²) in [7, 11) is 0. The zero-order valence-corrected chi connectivity index (χ0v) is 13.0. The Labute approximate surface area is 131 Å². The summed E-state index contributed by atoms with van der Waals surface area (Å²) in [6.07, 6.45) is 8.10. The van der Waals surface area contributed by atoms with Gasteiger partial charge in [-0.05, 0) is 62.3 Å². The molecule has 22 heavy (non-hydrogen) atoms. The monoisotopic (exact) mass is 301 g/mol. The Bertz CT molecular complexity index is 548. The molecule has 0 radical (unpaired) electrons. The fraction of sp³-hybridized carbons (Fsp3) is 0.632. The van der Waals surface area contributed by atoms with Gasteiger partial charge >= 0.3 is 0 Å². The molecule has 0 aliphatic heterocycles. The predicted molar refractivity (Wildman–Crippen MR) is 83.5 cm³/mol. The maximum absolute atomic E-state index is 13.9. The normalized spacial score (nSPS) is 21.2. The number of rotatable bonds is 7. The molecule has 0 spiro atoms. The van der Waals surface area contributed by atoms with Gasteiger partial charge in [-0.15, -0.1) is 0 Å². The average Bonchev–Trinajstić information content (AvgIpc) is 3.40. The van der Waals surface area contributed by atoms with Gasteiger partial charge in [-0.3, -0.25) is 4.79 Å². The third-order valence-corrected chi connectivity index (χ3v) is 5.47. The summed E-state index contributed by atoms with van der Waals surface area (Å²) in [5.74, 6) is 2.27. The van der Waals surface area contributed by atoms with Gasteiger partial charge < -0.3 is 4.90 Å². The van der Waals surface area contributed by atoms with Crippen LogP contribution in [0.4, 0.5) is 4.39 Å². The molecule has 0 unspecified atom stereocenters. The Morgan fingerprint density at radius 3 is 2.27 bits per heavy atom. The zero-order chi connectivity index (χ0) is 15.1. The maximum Gasteiger partial charge on any atom is 0.223 e. The molecule has 3 aliphatic rings. The third kappa shape index (κ3) is 3.18. The number of carbonyl (C=O) groups is 1. The molecule has 4 rings (SSSR count). The Kier molecular flexibility index (Phi) is 3.67. The van der Waals surface area contributed by atoms with Crippen LogP contribution in [-0.2, 0) is 11.3 Å². The fourth-order valence-electron chi connectivity index (χ4n) is 3.70. The summed E-state index contributed by atoms with van der Waals surface area (Å²) in [6.45, 7) is 0.443. The van der Waals surface area contributed by atoms with E-state index in [-0.39, 0.29) is 11.7 Å². The highest BCUT2D eigenvalue weighted by atomic mass is 19.1. The summed E-state index contributed by atoms with van der Waals surface area (Å²) in [5, 5.41) is 0. The molecular formula is C19H24FNO. The summed E-state index contributed by atoms with van der Waals surface area (Å²) in [4.78, 5) is 14.8. The number of hydrogen-bond donors (Lipinski definition) is 0. The third-order valence-electron chi connectivity index (χ3n) is 5.47. The van der Waals surface area contributed by atoms with Crippen molar-refractivity contribution in [1.29, 1.82) is 0 Å². The molecule has 0 heterocycles. The largest absolute Gasteiger partial charge is 0.335 e. The van der Waals surface area contributed by atoms with Crippen molar-refractivity contribution in [2.24, 2.45) is 17.8 Å². The van der Waals surface area contributed by atoms with Gasteiger partial charge in [0.05, 0.1) is 0 Å². The van der Waals surface area contributed by atoms with Gasteiger partial charge in [0.25, 0.3) is 0 Å². The second kappa shape index (κ2) is 5.68. The number of carbonyl (C=O) groups excluding carboxylic acids is 1. The van der Waals surface area contributed by atoms with E-state index in [0.717, 1.165) is 24.7 Å². The zero-order valence-electron chi connectivity index (χ0n) is 13.0. The van der Waals surface area contributed by atoms with E-state index in [0.29, 0.717) is 30.5 Å². The molecule has 3 fully saturated rings. The summed E-state index contributed by atoms with van der Waals surface area (Å²) >= 11 is 0. The molecule has 1 aromatic carbocycles. The van der Waals surface area contributed by atoms with Gasteiger partial charge in [-0.25, -0.2) is 4.39 Å². The Morgan fingerprint density at radius 1 is 1.09 bits per heavy atom. The van der Waals surface area contributed by atoms with Crippen molar-refractivity contribution in [1.82, 2.24) is 4.90 Å². The highest BCUT2D eigenvalue weighted by Gasteiger charge is 2.43. The van der Waals surface area contributed by atoms with Crippen LogP contribution in [0.25, 0.3) is 0 Å². The van der Waals surface area contributed by atoms with Gasteiger partial charge in [0.2, 0.25) is 5.91 Å². The SMILES string of the molecule is O=C(CC(C1CC1)C1CC1)N(Cc1ccccc1F)C1CC1. The first-order valence-corrected chi connectivity index (χ1v) is 8.75. The summed E-state index contributed by atoms with van der Waals surface area (Å²) in [5.41, 5.74) is 0.650. The maximum atomic E-state index is 13.9. The number of halogens is 1. The van der Waals surface area contributed by atoms with Crippen LogP contribution in [0.5, 0.6) is 0 Å². The standard InChI is InChI=1S/C19H24FNO/c20-18-4-2-1-3-15(18)12-21(16-9-10-16)19(22)11-17(13-5-6-13)14-7-8-14/h1-4,13-14,16-17H,5-12H2. The van der Waals surface area contributed by atoms with Crippen molar-refractivity contribution in [3.8, 4) is 0 Å². The quantitative estimate of drug-likeness (QED) is 0.741. The second-order valence-corrected chi connectivity index (χ2v) is 7.39. The highest BCUT2D eigenvalue weighted by Crippen LogP contribution is 2.51. The smallest absolute Gasteiger partial charge is 0.223 e. The number of hydrogen-bond acceptors (Lipinski definition) is 1. The second-order valence-electron chi connectivity index (χ2n) is 7.39. The number of amides is 1. The Hall–Kier alpha value is -1.38. The molecule has 3 aliphatic carbocycles. The summed E-state index contributed by atoms with van der Waals surface area (Å²) in [6, 6.07) is 7.20. The molecule has 0 aromatic heterocycles. The lowest BCUT2D eigenvalue weighted by Gasteiger charge is -2.25. The van der Waals surface area contributed by atoms with Crippen LogP contribution in [0.15, 0.2) is 24.3 Å². The molecular weight excluding hydrogens is 277 g/mol. The number of nitrogens with zero attached hydrogens (tertiary/aromatic N) is 1. The molecule has 1 amide bonds. The molecule has 2 nitrogen and oxygen atoms in total. The Balaban J connectivity index is 1.44. The van der Waals surface area contributed by atoms with Crippen molar-refractivity contribution in [3.05, 3.63) is 35.6 Å². The first-order chi connectivity index (χ1) is 10.7. The minimum Gasteiger partial charge on any atom is -0.335 e. The molecule has 0 saturated heterocycles. The van der Waals surface area contributed by atoms with Crippen LogP contribution in [0, 0.1) is 23.6 Å². The van der Waals surface area contributed by atoms with E-state index in [4.69, 9.17) is 0 Å². The topological polar surface area (TPSA) is 20.3 Å². The lowest BCUT2D eigenvalue weighted by molar-refractivity contribution is -0.133. The van der Waals surface area contributed by atoms with Crippen LogP contribution < -0.4 is 0 Å². The van der Waals surface area contributed by atoms with Gasteiger partial charge in [0.15, 0.2) is 0 Å². The van der Waals surface area contributed by atoms with E-state index in [1.807, 2.05) is 11.0 Å². The van der Waals surface area contributed by atoms with E-state index in [1.54, 1.807) is 12.1 Å². The van der Waals surface area contributed by atoms with Crippen molar-refractivity contribution < 1.29 is 9.18 Å². The minimum atomic E-state index is -0.193. The van der Waals surface area contributed by atoms with Crippen molar-refractivity contribution in [3.63, 3.8) is 0 Å². The van der Waals surface area contributed by atoms with Crippen molar-refractivity contribution in [2.45, 2.75) is 57.5 Å². The van der Waals surface area contributed by atoms with E-state index < -0.39 is 0 Å². The van der Waals surface area contributed by atoms with Gasteiger partial charge in [0, 0.05) is 24.6 Å². The fourth-order valence-corrected chi connectivity index (χ4v) is 3.70. The van der Waals surface area contributed by atoms with Crippen LogP contribution >= 0.6 is 0 Å². The molecule has 0 atom stereocenters. The highest BCUT2D eigenvalue weighted by molar-refractivity contribution is 5.77. The molecule has 1 aromatic rings. The minimum absolute atomic E-state index is 0.193. The number of benzene rings is 1. The predicted octanol–water partition coefficient (Wildman–Crippen LogP) is 4.14. The van der Waals surface area contributed by atoms with E-state index in [9.17, 15) is 9.18 Å². The molecule has 0 bridgehead atoms. The van der Waals surface area contributed by atoms with E-state index in [2.05, 4.69) is 0 Å². The average molecular weight is 301 g/mol. The van der Waals surface area contributed by atoms with Crippen LogP contribution in [0.2, 0.25) is 0 Å². The summed E-state index contributed by atoms with van der Waals surface area (Å²) < 4.78 is 13.9. The molecule has 0 N–H and O–H groups in total. The molecule has 3 heteroatoms. The van der Waals surface area contributed by atoms with Crippen molar-refractivity contribution >= 4 is 5.91 Å². The first kappa shape index (κ1) is 14.2. The lowest BCUT2D eigenvalue weighted by Crippen LogP contribution is -2.34. The van der Waals surface area contributed by atoms with Crippen molar-refractivity contribution in [2.75, 3.05) is 0 Å². The van der Waals surface area contributed by atoms with E-state index in [1.165, 1.54) is 31.7 Å². The van der Waals surface area contributed by atoms with Crippen LogP contribution in [-0.4, -0.2) is 16.8 Å². The molecule has 118 valence electrons. The van der Waals surface area contributed by atoms with Crippen LogP contribution in [0.3, 0.4) is 0 Å². The van der Waals surface area contributed by atoms with E-state index >= 15 is 0 Å². The van der Waals surface area contributed by atoms with Crippen LogP contribution in [0.1, 0.15) is 50.5 Å². The Morgan fingerprint density at radius 2 is 1.73 bits per heavy atom. The molecule has 3 saturated carbocycles. The lowest BCUT2D eigenvalue weighted by atomic mass is 9.93. The van der Waals surface area contributed by atoms with Gasteiger partial charge in [-0.1, -0.05) is 18.2 Å². The first-order valence-electron chi connectivity index (χ1n) is 8.75.